The smallest absolute Gasteiger partial charge is 0.249 e. The topological polar surface area (TPSA) is 84.4 Å². The molecular weight excluding hydrogens is 376 g/mol. The van der Waals surface area contributed by atoms with Gasteiger partial charge >= 0.3 is 0 Å². The normalized spacial score (nSPS) is 16.9. The Morgan fingerprint density at radius 3 is 2.61 bits per heavy atom. The van der Waals surface area contributed by atoms with Crippen LogP contribution in [0.3, 0.4) is 0 Å². The van der Waals surface area contributed by atoms with E-state index in [0.29, 0.717) is 29.5 Å². The van der Waals surface area contributed by atoms with Crippen LogP contribution in [-0.4, -0.2) is 46.6 Å². The lowest BCUT2D eigenvalue weighted by Crippen LogP contribution is -2.44. The lowest BCUT2D eigenvalue weighted by atomic mass is 9.91. The average molecular weight is 403 g/mol. The standard InChI is InChI=1S/C20H26N4O3S/c1-20(2,3)12-16(25)24-11-5-6-15(24)17(26)21-19-23-22-18(28-19)13-7-9-14(27-4)10-8-13/h7-10,15H,5-6,11-12H2,1-4H3,(H,21,23,26). The molecule has 1 aromatic carbocycles. The summed E-state index contributed by atoms with van der Waals surface area (Å²) in [7, 11) is 1.62. The van der Waals surface area contributed by atoms with E-state index < -0.39 is 6.04 Å². The van der Waals surface area contributed by atoms with Gasteiger partial charge in [0.2, 0.25) is 16.9 Å². The van der Waals surface area contributed by atoms with Gasteiger partial charge in [-0.15, -0.1) is 10.2 Å². The number of carbonyl (C=O) groups excluding carboxylic acids is 2. The Morgan fingerprint density at radius 2 is 1.96 bits per heavy atom. The molecule has 1 fully saturated rings. The third kappa shape index (κ3) is 4.86. The molecule has 0 aliphatic carbocycles. The van der Waals surface area contributed by atoms with Gasteiger partial charge in [0.05, 0.1) is 7.11 Å². The van der Waals surface area contributed by atoms with Gasteiger partial charge in [0.15, 0.2) is 0 Å². The number of hydrogen-bond donors (Lipinski definition) is 1. The SMILES string of the molecule is COc1ccc(-c2nnc(NC(=O)C3CCCN3C(=O)CC(C)(C)C)s2)cc1. The fraction of sp³-hybridized carbons (Fsp3) is 0.500. The van der Waals surface area contributed by atoms with Crippen LogP contribution in [0.2, 0.25) is 0 Å². The summed E-state index contributed by atoms with van der Waals surface area (Å²) in [4.78, 5) is 27.0. The third-order valence-electron chi connectivity index (χ3n) is 4.55. The molecule has 28 heavy (non-hydrogen) atoms. The first kappa shape index (κ1) is 20.3. The summed E-state index contributed by atoms with van der Waals surface area (Å²) in [6.45, 7) is 6.70. The van der Waals surface area contributed by atoms with Crippen LogP contribution in [-0.2, 0) is 9.59 Å². The fourth-order valence-electron chi connectivity index (χ4n) is 3.21. The summed E-state index contributed by atoms with van der Waals surface area (Å²) >= 11 is 1.31. The summed E-state index contributed by atoms with van der Waals surface area (Å²) in [6.07, 6.45) is 1.93. The molecule has 150 valence electrons. The van der Waals surface area contributed by atoms with Gasteiger partial charge in [-0.05, 0) is 42.5 Å². The van der Waals surface area contributed by atoms with E-state index in [1.165, 1.54) is 11.3 Å². The minimum Gasteiger partial charge on any atom is -0.497 e. The number of hydrogen-bond acceptors (Lipinski definition) is 6. The van der Waals surface area contributed by atoms with Gasteiger partial charge in [-0.25, -0.2) is 0 Å². The summed E-state index contributed by atoms with van der Waals surface area (Å²) < 4.78 is 5.16. The second kappa shape index (κ2) is 8.26. The van der Waals surface area contributed by atoms with Crippen molar-refractivity contribution >= 4 is 28.3 Å². The van der Waals surface area contributed by atoms with E-state index >= 15 is 0 Å². The molecule has 1 aromatic heterocycles. The number of ether oxygens (including phenoxy) is 1. The van der Waals surface area contributed by atoms with Crippen molar-refractivity contribution in [1.82, 2.24) is 15.1 Å². The zero-order valence-electron chi connectivity index (χ0n) is 16.7. The molecule has 1 aliphatic heterocycles. The first-order chi connectivity index (χ1) is 13.3. The van der Waals surface area contributed by atoms with Gasteiger partial charge < -0.3 is 9.64 Å². The van der Waals surface area contributed by atoms with E-state index in [-0.39, 0.29) is 17.2 Å². The summed E-state index contributed by atoms with van der Waals surface area (Å²) in [6, 6.07) is 7.06. The lowest BCUT2D eigenvalue weighted by molar-refractivity contribution is -0.138. The minimum absolute atomic E-state index is 0.0290. The van der Waals surface area contributed by atoms with Gasteiger partial charge in [0.25, 0.3) is 0 Å². The van der Waals surface area contributed by atoms with Crippen molar-refractivity contribution in [3.8, 4) is 16.3 Å². The molecule has 2 amide bonds. The van der Waals surface area contributed by atoms with Gasteiger partial charge in [-0.1, -0.05) is 32.1 Å². The molecule has 1 N–H and O–H groups in total. The maximum Gasteiger partial charge on any atom is 0.249 e. The Labute approximate surface area is 169 Å². The van der Waals surface area contributed by atoms with Crippen molar-refractivity contribution in [1.29, 1.82) is 0 Å². The average Bonchev–Trinajstić information content (AvgIpc) is 3.30. The summed E-state index contributed by atoms with van der Waals surface area (Å²) in [5.74, 6) is 0.599. The Morgan fingerprint density at radius 1 is 1.25 bits per heavy atom. The first-order valence-corrected chi connectivity index (χ1v) is 10.2. The van der Waals surface area contributed by atoms with Crippen LogP contribution in [0.25, 0.3) is 10.6 Å². The molecule has 0 spiro atoms. The maximum atomic E-state index is 12.7. The van der Waals surface area contributed by atoms with Crippen LogP contribution < -0.4 is 10.1 Å². The second-order valence-electron chi connectivity index (χ2n) is 8.11. The second-order valence-corrected chi connectivity index (χ2v) is 9.09. The predicted octanol–water partition coefficient (Wildman–Crippen LogP) is 3.58. The van der Waals surface area contributed by atoms with Crippen LogP contribution in [0.1, 0.15) is 40.0 Å². The molecular formula is C20H26N4O3S. The van der Waals surface area contributed by atoms with E-state index in [2.05, 4.69) is 15.5 Å². The number of anilines is 1. The van der Waals surface area contributed by atoms with Gasteiger partial charge in [0, 0.05) is 18.5 Å². The van der Waals surface area contributed by atoms with Crippen molar-refractivity contribution in [2.24, 2.45) is 5.41 Å². The number of rotatable bonds is 5. The highest BCUT2D eigenvalue weighted by atomic mass is 32.1. The van der Waals surface area contributed by atoms with Gasteiger partial charge in [-0.2, -0.15) is 0 Å². The maximum absolute atomic E-state index is 12.7. The molecule has 1 saturated heterocycles. The largest absolute Gasteiger partial charge is 0.497 e. The van der Waals surface area contributed by atoms with Crippen LogP contribution in [0.4, 0.5) is 5.13 Å². The highest BCUT2D eigenvalue weighted by Crippen LogP contribution is 2.29. The zero-order chi connectivity index (χ0) is 20.3. The van der Waals surface area contributed by atoms with Crippen molar-refractivity contribution < 1.29 is 14.3 Å². The molecule has 2 aromatic rings. The predicted molar refractivity (Wildman–Crippen MR) is 109 cm³/mol. The van der Waals surface area contributed by atoms with E-state index in [1.54, 1.807) is 12.0 Å². The van der Waals surface area contributed by atoms with Crippen molar-refractivity contribution in [3.63, 3.8) is 0 Å². The number of carbonyl (C=O) groups is 2. The lowest BCUT2D eigenvalue weighted by Gasteiger charge is -2.27. The summed E-state index contributed by atoms with van der Waals surface area (Å²) in [5, 5.41) is 12.2. The van der Waals surface area contributed by atoms with Gasteiger partial charge in [-0.3, -0.25) is 14.9 Å². The molecule has 0 saturated carbocycles. The number of nitrogens with zero attached hydrogens (tertiary/aromatic N) is 3. The van der Waals surface area contributed by atoms with E-state index in [1.807, 2.05) is 45.0 Å². The first-order valence-electron chi connectivity index (χ1n) is 9.35. The van der Waals surface area contributed by atoms with Crippen LogP contribution in [0, 0.1) is 5.41 Å². The number of methoxy groups -OCH3 is 1. The van der Waals surface area contributed by atoms with E-state index in [9.17, 15) is 9.59 Å². The molecule has 0 radical (unpaired) electrons. The number of nitrogens with one attached hydrogen (secondary N) is 1. The number of amides is 2. The Bertz CT molecular complexity index is 842. The molecule has 0 bridgehead atoms. The van der Waals surface area contributed by atoms with Crippen molar-refractivity contribution in [2.45, 2.75) is 46.1 Å². The fourth-order valence-corrected chi connectivity index (χ4v) is 3.96. The zero-order valence-corrected chi connectivity index (χ0v) is 17.5. The Hall–Kier alpha value is -2.48. The van der Waals surface area contributed by atoms with Crippen LogP contribution in [0.5, 0.6) is 5.75 Å². The molecule has 1 aliphatic rings. The number of likely N-dealkylation sites (tertiary alicyclic amines) is 1. The van der Waals surface area contributed by atoms with Crippen molar-refractivity contribution in [2.75, 3.05) is 19.0 Å². The Kier molecular flexibility index (Phi) is 5.98. The molecule has 2 heterocycles. The molecule has 1 atom stereocenters. The van der Waals surface area contributed by atoms with E-state index in [0.717, 1.165) is 17.7 Å². The molecule has 7 nitrogen and oxygen atoms in total. The highest BCUT2D eigenvalue weighted by Gasteiger charge is 2.35. The minimum atomic E-state index is -0.441. The number of benzene rings is 1. The Balaban J connectivity index is 1.65. The molecule has 8 heteroatoms. The molecule has 1 unspecified atom stereocenters. The quantitative estimate of drug-likeness (QED) is 0.826. The van der Waals surface area contributed by atoms with Gasteiger partial charge in [0.1, 0.15) is 16.8 Å². The van der Waals surface area contributed by atoms with E-state index in [4.69, 9.17) is 4.74 Å². The highest BCUT2D eigenvalue weighted by molar-refractivity contribution is 7.18. The van der Waals surface area contributed by atoms with Crippen LogP contribution >= 0.6 is 11.3 Å². The van der Waals surface area contributed by atoms with Crippen LogP contribution in [0.15, 0.2) is 24.3 Å². The van der Waals surface area contributed by atoms with Crippen molar-refractivity contribution in [3.05, 3.63) is 24.3 Å². The molecule has 3 rings (SSSR count). The number of aromatic nitrogens is 2. The third-order valence-corrected chi connectivity index (χ3v) is 5.44. The summed E-state index contributed by atoms with van der Waals surface area (Å²) in [5.41, 5.74) is 0.800. The monoisotopic (exact) mass is 402 g/mol.